The van der Waals surface area contributed by atoms with E-state index in [1.165, 1.54) is 37.6 Å². The van der Waals surface area contributed by atoms with E-state index in [-0.39, 0.29) is 28.7 Å². The lowest BCUT2D eigenvalue weighted by Gasteiger charge is -2.20. The van der Waals surface area contributed by atoms with Gasteiger partial charge in [-0.15, -0.1) is 12.4 Å². The summed E-state index contributed by atoms with van der Waals surface area (Å²) in [5.74, 6) is 0.447. The van der Waals surface area contributed by atoms with E-state index in [1.54, 1.807) is 0 Å². The van der Waals surface area contributed by atoms with Crippen molar-refractivity contribution >= 4 is 24.0 Å². The molecule has 0 spiro atoms. The number of likely N-dealkylation sites (tertiary alicyclic amines) is 1. The third-order valence-corrected chi connectivity index (χ3v) is 4.54. The van der Waals surface area contributed by atoms with Gasteiger partial charge in [-0.05, 0) is 43.0 Å². The summed E-state index contributed by atoms with van der Waals surface area (Å²) in [5, 5.41) is 0.261. The summed E-state index contributed by atoms with van der Waals surface area (Å²) in [6, 6.07) is 5.24. The second-order valence-corrected chi connectivity index (χ2v) is 5.83. The van der Waals surface area contributed by atoms with Gasteiger partial charge >= 0.3 is 0 Å². The third-order valence-electron chi connectivity index (χ3n) is 4.25. The van der Waals surface area contributed by atoms with Gasteiger partial charge in [-0.3, -0.25) is 0 Å². The molecule has 18 heavy (non-hydrogen) atoms. The average Bonchev–Trinajstić information content (AvgIpc) is 2.87. The molecule has 0 amide bonds. The van der Waals surface area contributed by atoms with Crippen LogP contribution in [0.25, 0.3) is 0 Å². The minimum atomic E-state index is -0.313. The van der Waals surface area contributed by atoms with Crippen molar-refractivity contribution in [3.8, 4) is 0 Å². The van der Waals surface area contributed by atoms with E-state index in [1.807, 2.05) is 12.1 Å². The SMILES string of the molecule is CCCN1CC2CC2(c2ccc(F)c(Cl)c2)C1.Cl. The molecule has 1 aromatic rings. The van der Waals surface area contributed by atoms with Gasteiger partial charge in [0.05, 0.1) is 5.02 Å². The Morgan fingerprint density at radius 1 is 1.50 bits per heavy atom. The highest BCUT2D eigenvalue weighted by Crippen LogP contribution is 2.59. The Kier molecular flexibility index (Phi) is 3.91. The zero-order valence-electron chi connectivity index (χ0n) is 10.5. The molecule has 2 aliphatic rings. The Balaban J connectivity index is 0.00000120. The van der Waals surface area contributed by atoms with Gasteiger partial charge in [-0.25, -0.2) is 4.39 Å². The smallest absolute Gasteiger partial charge is 0.141 e. The fourth-order valence-electron chi connectivity index (χ4n) is 3.33. The Hall–Kier alpha value is -0.310. The van der Waals surface area contributed by atoms with Gasteiger partial charge in [-0.2, -0.15) is 0 Å². The van der Waals surface area contributed by atoms with Crippen molar-refractivity contribution in [3.63, 3.8) is 0 Å². The zero-order valence-corrected chi connectivity index (χ0v) is 12.0. The quantitative estimate of drug-likeness (QED) is 0.816. The van der Waals surface area contributed by atoms with Crippen LogP contribution in [0.2, 0.25) is 5.02 Å². The van der Waals surface area contributed by atoms with Crippen molar-refractivity contribution < 1.29 is 4.39 Å². The van der Waals surface area contributed by atoms with Crippen molar-refractivity contribution in [2.45, 2.75) is 25.2 Å². The third kappa shape index (κ3) is 2.15. The highest BCUT2D eigenvalue weighted by Gasteiger charge is 2.60. The van der Waals surface area contributed by atoms with E-state index in [9.17, 15) is 4.39 Å². The molecule has 2 unspecified atom stereocenters. The van der Waals surface area contributed by atoms with Crippen LogP contribution in [0.3, 0.4) is 0 Å². The van der Waals surface area contributed by atoms with Gasteiger partial charge in [0.25, 0.3) is 0 Å². The summed E-state index contributed by atoms with van der Waals surface area (Å²) in [6.45, 7) is 5.70. The van der Waals surface area contributed by atoms with Crippen molar-refractivity contribution in [3.05, 3.63) is 34.6 Å². The van der Waals surface area contributed by atoms with Gasteiger partial charge in [0.2, 0.25) is 0 Å². The van der Waals surface area contributed by atoms with Gasteiger partial charge in [-0.1, -0.05) is 24.6 Å². The summed E-state index contributed by atoms with van der Waals surface area (Å²) in [5.41, 5.74) is 1.51. The zero-order chi connectivity index (χ0) is 12.0. The van der Waals surface area contributed by atoms with Crippen molar-refractivity contribution in [1.82, 2.24) is 4.90 Å². The molecule has 2 fully saturated rings. The second-order valence-electron chi connectivity index (χ2n) is 5.42. The number of nitrogens with zero attached hydrogens (tertiary/aromatic N) is 1. The molecule has 1 saturated heterocycles. The number of rotatable bonds is 3. The molecule has 0 N–H and O–H groups in total. The van der Waals surface area contributed by atoms with E-state index in [0.717, 1.165) is 12.5 Å². The second kappa shape index (κ2) is 4.99. The maximum absolute atomic E-state index is 13.2. The number of fused-ring (bicyclic) bond motifs is 1. The van der Waals surface area contributed by atoms with E-state index < -0.39 is 0 Å². The lowest BCUT2D eigenvalue weighted by molar-refractivity contribution is 0.299. The predicted octanol–water partition coefficient (Wildman–Crippen LogP) is 3.88. The first-order valence-corrected chi connectivity index (χ1v) is 6.71. The van der Waals surface area contributed by atoms with Crippen LogP contribution in [0.15, 0.2) is 18.2 Å². The first-order chi connectivity index (χ1) is 8.15. The molecule has 1 heterocycles. The van der Waals surface area contributed by atoms with Crippen LogP contribution < -0.4 is 0 Å². The van der Waals surface area contributed by atoms with Crippen LogP contribution in [0, 0.1) is 11.7 Å². The molecule has 1 aliphatic carbocycles. The fraction of sp³-hybridized carbons (Fsp3) is 0.571. The van der Waals surface area contributed by atoms with Crippen LogP contribution in [0.1, 0.15) is 25.3 Å². The summed E-state index contributed by atoms with van der Waals surface area (Å²) < 4.78 is 13.2. The minimum absolute atomic E-state index is 0. The molecule has 0 bridgehead atoms. The Morgan fingerprint density at radius 2 is 2.28 bits per heavy atom. The minimum Gasteiger partial charge on any atom is -0.302 e. The van der Waals surface area contributed by atoms with Crippen molar-refractivity contribution in [2.75, 3.05) is 19.6 Å². The van der Waals surface area contributed by atoms with Gasteiger partial charge in [0.15, 0.2) is 0 Å². The molecule has 1 saturated carbocycles. The number of piperidine rings is 1. The molecule has 2 atom stereocenters. The fourth-order valence-corrected chi connectivity index (χ4v) is 3.51. The Labute approximate surface area is 119 Å². The van der Waals surface area contributed by atoms with E-state index in [2.05, 4.69) is 11.8 Å². The summed E-state index contributed by atoms with van der Waals surface area (Å²) >= 11 is 5.88. The number of benzene rings is 1. The maximum atomic E-state index is 13.2. The molecular weight excluding hydrogens is 272 g/mol. The number of hydrogen-bond acceptors (Lipinski definition) is 1. The van der Waals surface area contributed by atoms with Crippen LogP contribution in [0.4, 0.5) is 4.39 Å². The Bertz CT molecular complexity index is 451. The van der Waals surface area contributed by atoms with Crippen LogP contribution in [0.5, 0.6) is 0 Å². The first kappa shape index (κ1) is 14.1. The average molecular weight is 290 g/mol. The standard InChI is InChI=1S/C14H17ClFN.ClH/c1-2-5-17-8-11-7-14(11,9-17)10-3-4-13(16)12(15)6-10;/h3-4,6,11H,2,5,7-9H2,1H3;1H. The van der Waals surface area contributed by atoms with Crippen LogP contribution in [-0.2, 0) is 5.41 Å². The summed E-state index contributed by atoms with van der Waals surface area (Å²) in [6.07, 6.45) is 2.45. The highest BCUT2D eigenvalue weighted by atomic mass is 35.5. The number of halogens is 3. The number of hydrogen-bond donors (Lipinski definition) is 0. The largest absolute Gasteiger partial charge is 0.302 e. The van der Waals surface area contributed by atoms with E-state index >= 15 is 0 Å². The first-order valence-electron chi connectivity index (χ1n) is 6.33. The van der Waals surface area contributed by atoms with E-state index in [0.29, 0.717) is 0 Å². The monoisotopic (exact) mass is 289 g/mol. The summed E-state index contributed by atoms with van der Waals surface area (Å²) in [7, 11) is 0. The predicted molar refractivity (Wildman–Crippen MR) is 75.2 cm³/mol. The molecule has 4 heteroatoms. The molecule has 1 aliphatic heterocycles. The molecule has 0 radical (unpaired) electrons. The van der Waals surface area contributed by atoms with Crippen LogP contribution >= 0.6 is 24.0 Å². The topological polar surface area (TPSA) is 3.24 Å². The molecule has 0 aromatic heterocycles. The summed E-state index contributed by atoms with van der Waals surface area (Å²) in [4.78, 5) is 2.52. The van der Waals surface area contributed by atoms with Crippen molar-refractivity contribution in [2.24, 2.45) is 5.92 Å². The van der Waals surface area contributed by atoms with E-state index in [4.69, 9.17) is 11.6 Å². The lowest BCUT2D eigenvalue weighted by Crippen LogP contribution is -2.27. The molecule has 100 valence electrons. The van der Waals surface area contributed by atoms with Crippen LogP contribution in [-0.4, -0.2) is 24.5 Å². The normalized spacial score (nSPS) is 29.8. The lowest BCUT2D eigenvalue weighted by atomic mass is 9.95. The molecular formula is C14H18Cl2FN. The van der Waals surface area contributed by atoms with Gasteiger partial charge in [0, 0.05) is 18.5 Å². The van der Waals surface area contributed by atoms with Crippen molar-refractivity contribution in [1.29, 1.82) is 0 Å². The van der Waals surface area contributed by atoms with Gasteiger partial charge < -0.3 is 4.90 Å². The molecule has 1 nitrogen and oxygen atoms in total. The molecule has 1 aromatic carbocycles. The maximum Gasteiger partial charge on any atom is 0.141 e. The molecule has 3 rings (SSSR count). The highest BCUT2D eigenvalue weighted by molar-refractivity contribution is 6.30. The Morgan fingerprint density at radius 3 is 2.94 bits per heavy atom. The van der Waals surface area contributed by atoms with Gasteiger partial charge in [0.1, 0.15) is 5.82 Å².